The van der Waals surface area contributed by atoms with Crippen molar-refractivity contribution in [2.75, 3.05) is 10.6 Å². The maximum atomic E-state index is 12.5. The van der Waals surface area contributed by atoms with Crippen LogP contribution in [0.5, 0.6) is 0 Å². The first kappa shape index (κ1) is 17.6. The Morgan fingerprint density at radius 1 is 0.857 bits per heavy atom. The zero-order valence-electron chi connectivity index (χ0n) is 14.6. The van der Waals surface area contributed by atoms with Gasteiger partial charge < -0.3 is 10.6 Å². The van der Waals surface area contributed by atoms with Crippen LogP contribution in [0.25, 0.3) is 5.69 Å². The van der Waals surface area contributed by atoms with Crippen LogP contribution in [0.3, 0.4) is 0 Å². The van der Waals surface area contributed by atoms with Gasteiger partial charge in [-0.2, -0.15) is 5.10 Å². The second-order valence-electron chi connectivity index (χ2n) is 5.83. The monoisotopic (exact) mass is 389 g/mol. The molecule has 2 N–H and O–H groups in total. The van der Waals surface area contributed by atoms with Crippen LogP contribution in [0.15, 0.2) is 79.4 Å². The van der Waals surface area contributed by atoms with Gasteiger partial charge in [-0.3, -0.25) is 9.59 Å². The minimum absolute atomic E-state index is 0.210. The number of thiophene rings is 1. The van der Waals surface area contributed by atoms with E-state index < -0.39 is 0 Å². The van der Waals surface area contributed by atoms with Gasteiger partial charge in [0, 0.05) is 11.3 Å². The predicted octanol–water partition coefficient (Wildman–Crippen LogP) is 3.83. The highest BCUT2D eigenvalue weighted by Gasteiger charge is 2.12. The summed E-state index contributed by atoms with van der Waals surface area (Å²) in [6, 6.07) is 19.6. The lowest BCUT2D eigenvalue weighted by atomic mass is 10.2. The fraction of sp³-hybridized carbons (Fsp3) is 0. The molecule has 2 heterocycles. The van der Waals surface area contributed by atoms with Gasteiger partial charge in [-0.1, -0.05) is 18.2 Å². The molecule has 0 atom stereocenters. The van der Waals surface area contributed by atoms with Crippen molar-refractivity contribution >= 4 is 33.8 Å². The molecule has 2 aromatic carbocycles. The molecule has 0 spiro atoms. The lowest BCUT2D eigenvalue weighted by molar-refractivity contribution is 0.102. The molecule has 0 saturated carbocycles. The Balaban J connectivity index is 1.40. The third-order valence-corrected chi connectivity index (χ3v) is 4.91. The summed E-state index contributed by atoms with van der Waals surface area (Å²) in [5.41, 5.74) is 2.07. The van der Waals surface area contributed by atoms with Gasteiger partial charge in [0.2, 0.25) is 0 Å². The Morgan fingerprint density at radius 3 is 2.36 bits per heavy atom. The summed E-state index contributed by atoms with van der Waals surface area (Å²) < 4.78 is 1.63. The number of hydrogen-bond acceptors (Lipinski definition) is 5. The summed E-state index contributed by atoms with van der Waals surface area (Å²) in [6.45, 7) is 0. The molecule has 0 unspecified atom stereocenters. The van der Waals surface area contributed by atoms with Gasteiger partial charge in [0.25, 0.3) is 11.8 Å². The van der Waals surface area contributed by atoms with E-state index >= 15 is 0 Å². The van der Waals surface area contributed by atoms with E-state index in [9.17, 15) is 9.59 Å². The molecule has 0 saturated heterocycles. The fourth-order valence-electron chi connectivity index (χ4n) is 2.53. The highest BCUT2D eigenvalue weighted by molar-refractivity contribution is 7.18. The average molecular weight is 389 g/mol. The standard InChI is InChI=1S/C20H15N5O2S/c26-19(14-4-2-1-3-5-14)24-18-11-10-17(28-18)20(27)23-15-6-8-16(9-7-15)25-13-21-12-22-25/h1-13H,(H,23,27)(H,24,26). The van der Waals surface area contributed by atoms with Crippen molar-refractivity contribution < 1.29 is 9.59 Å². The van der Waals surface area contributed by atoms with E-state index in [-0.39, 0.29) is 11.8 Å². The van der Waals surface area contributed by atoms with Crippen LogP contribution >= 0.6 is 11.3 Å². The van der Waals surface area contributed by atoms with Crippen LogP contribution in [-0.4, -0.2) is 26.6 Å². The first-order chi connectivity index (χ1) is 13.7. The third kappa shape index (κ3) is 3.97. The molecule has 0 bridgehead atoms. The van der Waals surface area contributed by atoms with Crippen molar-refractivity contribution in [3.05, 3.63) is 89.8 Å². The van der Waals surface area contributed by atoms with Crippen LogP contribution in [0.1, 0.15) is 20.0 Å². The highest BCUT2D eigenvalue weighted by atomic mass is 32.1. The van der Waals surface area contributed by atoms with E-state index in [4.69, 9.17) is 0 Å². The number of rotatable bonds is 5. The van der Waals surface area contributed by atoms with E-state index in [1.165, 1.54) is 17.7 Å². The van der Waals surface area contributed by atoms with Gasteiger partial charge in [-0.15, -0.1) is 11.3 Å². The highest BCUT2D eigenvalue weighted by Crippen LogP contribution is 2.24. The molecule has 0 aliphatic rings. The molecule has 28 heavy (non-hydrogen) atoms. The summed E-state index contributed by atoms with van der Waals surface area (Å²) in [5, 5.41) is 10.3. The van der Waals surface area contributed by atoms with Gasteiger partial charge in [0.1, 0.15) is 12.7 Å². The molecule has 138 valence electrons. The summed E-state index contributed by atoms with van der Waals surface area (Å²) in [6.07, 6.45) is 3.06. The van der Waals surface area contributed by atoms with Crippen LogP contribution in [0.4, 0.5) is 10.7 Å². The SMILES string of the molecule is O=C(Nc1ccc(C(=O)Nc2ccc(-n3cncn3)cc2)s1)c1ccccc1. The zero-order chi connectivity index (χ0) is 19.3. The summed E-state index contributed by atoms with van der Waals surface area (Å²) in [7, 11) is 0. The molecular weight excluding hydrogens is 374 g/mol. The number of nitrogens with zero attached hydrogens (tertiary/aromatic N) is 3. The van der Waals surface area contributed by atoms with E-state index in [2.05, 4.69) is 20.7 Å². The first-order valence-corrected chi connectivity index (χ1v) is 9.23. The number of anilines is 2. The number of carbonyl (C=O) groups excluding carboxylic acids is 2. The second-order valence-corrected chi connectivity index (χ2v) is 6.91. The molecule has 2 amide bonds. The second kappa shape index (κ2) is 7.85. The van der Waals surface area contributed by atoms with Crippen molar-refractivity contribution in [1.82, 2.24) is 14.8 Å². The van der Waals surface area contributed by atoms with E-state index in [1.54, 1.807) is 59.5 Å². The number of benzene rings is 2. The quantitative estimate of drug-likeness (QED) is 0.543. The molecule has 0 radical (unpaired) electrons. The third-order valence-electron chi connectivity index (χ3n) is 3.91. The lowest BCUT2D eigenvalue weighted by Gasteiger charge is -2.05. The van der Waals surface area contributed by atoms with E-state index in [1.807, 2.05) is 18.2 Å². The molecule has 4 rings (SSSR count). The Bertz CT molecular complexity index is 1090. The molecule has 2 aromatic heterocycles. The molecule has 7 nitrogen and oxygen atoms in total. The van der Waals surface area contributed by atoms with Gasteiger partial charge in [0.15, 0.2) is 0 Å². The van der Waals surface area contributed by atoms with Crippen LogP contribution in [0, 0.1) is 0 Å². The summed E-state index contributed by atoms with van der Waals surface area (Å²) in [5.74, 6) is -0.447. The number of carbonyl (C=O) groups is 2. The van der Waals surface area contributed by atoms with Crippen molar-refractivity contribution in [1.29, 1.82) is 0 Å². The molecule has 0 aliphatic carbocycles. The molecule has 0 fully saturated rings. The Hall–Kier alpha value is -3.78. The van der Waals surface area contributed by atoms with Crippen LogP contribution in [-0.2, 0) is 0 Å². The predicted molar refractivity (Wildman–Crippen MR) is 108 cm³/mol. The molecule has 8 heteroatoms. The number of hydrogen-bond donors (Lipinski definition) is 2. The average Bonchev–Trinajstić information content (AvgIpc) is 3.41. The summed E-state index contributed by atoms with van der Waals surface area (Å²) in [4.78, 5) is 29.1. The van der Waals surface area contributed by atoms with Crippen LogP contribution < -0.4 is 10.6 Å². The number of amides is 2. The van der Waals surface area contributed by atoms with Crippen LogP contribution in [0.2, 0.25) is 0 Å². The molecular formula is C20H15N5O2S. The minimum Gasteiger partial charge on any atom is -0.321 e. The number of nitrogens with one attached hydrogen (secondary N) is 2. The Labute approximate surface area is 164 Å². The minimum atomic E-state index is -0.237. The van der Waals surface area contributed by atoms with Gasteiger partial charge in [-0.25, -0.2) is 9.67 Å². The maximum absolute atomic E-state index is 12.5. The zero-order valence-corrected chi connectivity index (χ0v) is 15.4. The van der Waals surface area contributed by atoms with Gasteiger partial charge >= 0.3 is 0 Å². The normalized spacial score (nSPS) is 10.4. The fourth-order valence-corrected chi connectivity index (χ4v) is 3.33. The lowest BCUT2D eigenvalue weighted by Crippen LogP contribution is -2.11. The topological polar surface area (TPSA) is 88.9 Å². The number of aromatic nitrogens is 3. The molecule has 4 aromatic rings. The summed E-state index contributed by atoms with van der Waals surface area (Å²) >= 11 is 1.22. The van der Waals surface area contributed by atoms with E-state index in [0.29, 0.717) is 21.1 Å². The Morgan fingerprint density at radius 2 is 1.64 bits per heavy atom. The van der Waals surface area contributed by atoms with Gasteiger partial charge in [0.05, 0.1) is 15.6 Å². The van der Waals surface area contributed by atoms with E-state index in [0.717, 1.165) is 5.69 Å². The van der Waals surface area contributed by atoms with Crippen molar-refractivity contribution in [2.24, 2.45) is 0 Å². The van der Waals surface area contributed by atoms with Crippen molar-refractivity contribution in [2.45, 2.75) is 0 Å². The van der Waals surface area contributed by atoms with Gasteiger partial charge in [-0.05, 0) is 48.5 Å². The first-order valence-electron chi connectivity index (χ1n) is 8.42. The maximum Gasteiger partial charge on any atom is 0.265 e. The largest absolute Gasteiger partial charge is 0.321 e. The Kier molecular flexibility index (Phi) is 4.94. The van der Waals surface area contributed by atoms with Crippen molar-refractivity contribution in [3.8, 4) is 5.69 Å². The molecule has 0 aliphatic heterocycles. The smallest absolute Gasteiger partial charge is 0.265 e. The van der Waals surface area contributed by atoms with Crippen molar-refractivity contribution in [3.63, 3.8) is 0 Å².